The summed E-state index contributed by atoms with van der Waals surface area (Å²) in [5.74, 6) is -6.58. The van der Waals surface area contributed by atoms with Gasteiger partial charge in [-0.25, -0.2) is 4.79 Å². The number of hydrogen-bond acceptors (Lipinski definition) is 17. The van der Waals surface area contributed by atoms with Gasteiger partial charge in [0.2, 0.25) is 23.6 Å². The first kappa shape index (κ1) is 50.5. The van der Waals surface area contributed by atoms with E-state index in [0.29, 0.717) is 0 Å². The molecule has 0 fully saturated rings. The molecule has 5 amide bonds. The molecule has 6 atom stereocenters. The average Bonchev–Trinajstić information content (AvgIpc) is 3.57. The number of rotatable bonds is 19. The molecule has 0 spiro atoms. The standard InChI is InChI=1S/C27H31N3O9.C12H21N3O7/c1-15(31)24(26(35)28-13-23(33)38-3)30-25(34)21(12-22(32)37-2)29-27(36)39-14-20-18-10-6-4-8-16(18)17-9-5-7-11-19(17)20;1-6(16)10(12(20)14-5-9(18)22-3)15-11(19)7(13)4-8(17)21-2/h4-11,15,20-21,24,31H,12-14H2,1-3H3,(H,28,35)(H,29,36)(H,30,34);6-7,10,16H,4-5,13H2,1-3H3,(H,14,20)(H,15,19). The third-order valence-electron chi connectivity index (χ3n) is 8.90. The van der Waals surface area contributed by atoms with Gasteiger partial charge in [-0.15, -0.1) is 0 Å². The minimum absolute atomic E-state index is 0.0291. The summed E-state index contributed by atoms with van der Waals surface area (Å²) in [6.45, 7) is 1.59. The maximum atomic E-state index is 13.0. The Balaban J connectivity index is 0.000000496. The van der Waals surface area contributed by atoms with Crippen molar-refractivity contribution in [2.24, 2.45) is 5.73 Å². The van der Waals surface area contributed by atoms with Gasteiger partial charge in [0, 0.05) is 5.92 Å². The zero-order valence-electron chi connectivity index (χ0n) is 34.4. The monoisotopic (exact) mass is 860 g/mol. The van der Waals surface area contributed by atoms with E-state index in [9.17, 15) is 53.4 Å². The first-order valence-electron chi connectivity index (χ1n) is 18.5. The highest BCUT2D eigenvalue weighted by Gasteiger charge is 2.34. The van der Waals surface area contributed by atoms with Gasteiger partial charge in [0.15, 0.2) is 0 Å². The zero-order chi connectivity index (χ0) is 45.8. The van der Waals surface area contributed by atoms with Gasteiger partial charge in [-0.05, 0) is 36.1 Å². The summed E-state index contributed by atoms with van der Waals surface area (Å²) < 4.78 is 23.2. The van der Waals surface area contributed by atoms with Crippen molar-refractivity contribution in [2.45, 2.75) is 69.0 Å². The van der Waals surface area contributed by atoms with E-state index in [0.717, 1.165) is 50.7 Å². The van der Waals surface area contributed by atoms with Crippen LogP contribution in [0.15, 0.2) is 48.5 Å². The third-order valence-corrected chi connectivity index (χ3v) is 8.90. The van der Waals surface area contributed by atoms with E-state index in [-0.39, 0.29) is 18.9 Å². The minimum atomic E-state index is -1.49. The molecule has 0 aromatic heterocycles. The summed E-state index contributed by atoms with van der Waals surface area (Å²) in [6.07, 6.45) is -4.53. The van der Waals surface area contributed by atoms with Crippen molar-refractivity contribution in [3.05, 3.63) is 59.7 Å². The number of carbonyl (C=O) groups is 9. The van der Waals surface area contributed by atoms with Crippen LogP contribution in [0.3, 0.4) is 0 Å². The van der Waals surface area contributed by atoms with Crippen LogP contribution in [0.1, 0.15) is 43.7 Å². The lowest BCUT2D eigenvalue weighted by molar-refractivity contribution is -0.144. The summed E-state index contributed by atoms with van der Waals surface area (Å²) >= 11 is 0. The lowest BCUT2D eigenvalue weighted by Crippen LogP contribution is -2.58. The first-order chi connectivity index (χ1) is 28.9. The van der Waals surface area contributed by atoms with Crippen LogP contribution in [0.25, 0.3) is 11.1 Å². The Kier molecular flexibility index (Phi) is 20.8. The molecule has 334 valence electrons. The Bertz CT molecular complexity index is 1840. The predicted octanol–water partition coefficient (Wildman–Crippen LogP) is -2.36. The highest BCUT2D eigenvalue weighted by atomic mass is 16.6. The molecule has 22 nitrogen and oxygen atoms in total. The molecule has 0 bridgehead atoms. The van der Waals surface area contributed by atoms with Crippen LogP contribution in [0.2, 0.25) is 0 Å². The fourth-order valence-electron chi connectivity index (χ4n) is 5.60. The van der Waals surface area contributed by atoms with Crippen LogP contribution in [0, 0.1) is 0 Å². The molecule has 0 saturated heterocycles. The molecule has 1 aliphatic carbocycles. The number of esters is 4. The van der Waals surface area contributed by atoms with Crippen LogP contribution < -0.4 is 32.3 Å². The summed E-state index contributed by atoms with van der Waals surface area (Å²) in [4.78, 5) is 107. The molecule has 0 radical (unpaired) electrons. The maximum absolute atomic E-state index is 13.0. The van der Waals surface area contributed by atoms with Crippen LogP contribution >= 0.6 is 0 Å². The number of nitrogens with two attached hydrogens (primary N) is 1. The van der Waals surface area contributed by atoms with Crippen molar-refractivity contribution in [1.29, 1.82) is 0 Å². The molecule has 0 aliphatic heterocycles. The number of alkyl carbamates (subject to hydrolysis) is 1. The number of aliphatic hydroxyl groups is 2. The first-order valence-corrected chi connectivity index (χ1v) is 18.5. The molecule has 3 rings (SSSR count). The van der Waals surface area contributed by atoms with Gasteiger partial charge in [-0.1, -0.05) is 48.5 Å². The Morgan fingerprint density at radius 1 is 0.590 bits per heavy atom. The van der Waals surface area contributed by atoms with Gasteiger partial charge in [0.1, 0.15) is 37.8 Å². The van der Waals surface area contributed by atoms with Gasteiger partial charge < -0.3 is 66.2 Å². The summed E-state index contributed by atoms with van der Waals surface area (Å²) in [5, 5.41) is 30.8. The van der Waals surface area contributed by atoms with Gasteiger partial charge in [-0.3, -0.25) is 38.4 Å². The van der Waals surface area contributed by atoms with E-state index in [1.807, 2.05) is 48.5 Å². The largest absolute Gasteiger partial charge is 0.469 e. The molecule has 2 aromatic carbocycles. The Morgan fingerprint density at radius 3 is 1.43 bits per heavy atom. The second kappa shape index (κ2) is 25.1. The van der Waals surface area contributed by atoms with E-state index < -0.39 is 109 Å². The Morgan fingerprint density at radius 2 is 1.00 bits per heavy atom. The van der Waals surface area contributed by atoms with Crippen molar-refractivity contribution >= 4 is 53.6 Å². The molecule has 0 saturated carbocycles. The number of nitrogens with one attached hydrogen (secondary N) is 5. The molecule has 6 unspecified atom stereocenters. The number of amides is 5. The highest BCUT2D eigenvalue weighted by molar-refractivity contribution is 5.95. The third kappa shape index (κ3) is 15.8. The fraction of sp³-hybridized carbons (Fsp3) is 0.462. The number of aliphatic hydroxyl groups excluding tert-OH is 2. The summed E-state index contributed by atoms with van der Waals surface area (Å²) in [7, 11) is 4.54. The van der Waals surface area contributed by atoms with E-state index in [1.165, 1.54) is 13.8 Å². The van der Waals surface area contributed by atoms with Crippen molar-refractivity contribution < 1.29 is 77.0 Å². The Hall–Kier alpha value is -6.65. The Labute approximate surface area is 350 Å². The zero-order valence-corrected chi connectivity index (χ0v) is 34.4. The highest BCUT2D eigenvalue weighted by Crippen LogP contribution is 2.44. The topological polar surface area (TPSA) is 326 Å². The quantitative estimate of drug-likeness (QED) is 0.0541. The average molecular weight is 861 g/mol. The van der Waals surface area contributed by atoms with E-state index >= 15 is 0 Å². The molecule has 2 aromatic rings. The van der Waals surface area contributed by atoms with Gasteiger partial charge in [0.05, 0.1) is 59.5 Å². The number of fused-ring (bicyclic) bond motifs is 3. The second-order valence-electron chi connectivity index (χ2n) is 13.2. The van der Waals surface area contributed by atoms with E-state index in [4.69, 9.17) is 10.5 Å². The molecule has 22 heteroatoms. The smallest absolute Gasteiger partial charge is 0.407 e. The van der Waals surface area contributed by atoms with E-state index in [2.05, 4.69) is 45.5 Å². The maximum Gasteiger partial charge on any atom is 0.407 e. The molecule has 61 heavy (non-hydrogen) atoms. The predicted molar refractivity (Wildman–Crippen MR) is 211 cm³/mol. The number of methoxy groups -OCH3 is 4. The SMILES string of the molecule is COC(=O)CNC(=O)C(NC(=O)C(CC(=O)OC)NC(=O)OCC1c2ccccc2-c2ccccc21)C(C)O.COC(=O)CNC(=O)C(NC(=O)C(N)CC(=O)OC)C(C)O. The molecular weight excluding hydrogens is 808 g/mol. The van der Waals surface area contributed by atoms with Crippen molar-refractivity contribution in [2.75, 3.05) is 48.1 Å². The lowest BCUT2D eigenvalue weighted by atomic mass is 9.98. The molecular formula is C39H52N6O16. The molecule has 1 aliphatic rings. The van der Waals surface area contributed by atoms with Crippen LogP contribution in [-0.4, -0.2) is 148 Å². The van der Waals surface area contributed by atoms with Crippen molar-refractivity contribution in [3.8, 4) is 11.1 Å². The minimum Gasteiger partial charge on any atom is -0.469 e. The fourth-order valence-corrected chi connectivity index (χ4v) is 5.60. The van der Waals surface area contributed by atoms with Gasteiger partial charge in [0.25, 0.3) is 0 Å². The number of hydrogen-bond donors (Lipinski definition) is 8. The normalized spacial score (nSPS) is 14.1. The molecule has 0 heterocycles. The number of carbonyl (C=O) groups excluding carboxylic acids is 9. The van der Waals surface area contributed by atoms with Crippen LogP contribution in [0.5, 0.6) is 0 Å². The van der Waals surface area contributed by atoms with Crippen molar-refractivity contribution in [1.82, 2.24) is 26.6 Å². The molecule has 9 N–H and O–H groups in total. The van der Waals surface area contributed by atoms with Gasteiger partial charge >= 0.3 is 30.0 Å². The summed E-state index contributed by atoms with van der Waals surface area (Å²) in [6, 6.07) is 10.00. The van der Waals surface area contributed by atoms with E-state index in [1.54, 1.807) is 0 Å². The van der Waals surface area contributed by atoms with Crippen molar-refractivity contribution in [3.63, 3.8) is 0 Å². The number of ether oxygens (including phenoxy) is 5. The number of benzene rings is 2. The van der Waals surface area contributed by atoms with Crippen LogP contribution in [-0.2, 0) is 62.0 Å². The summed E-state index contributed by atoms with van der Waals surface area (Å²) in [5.41, 5.74) is 9.56. The van der Waals surface area contributed by atoms with Gasteiger partial charge in [-0.2, -0.15) is 0 Å². The van der Waals surface area contributed by atoms with Crippen LogP contribution in [0.4, 0.5) is 4.79 Å². The lowest BCUT2D eigenvalue weighted by Gasteiger charge is -2.24. The second-order valence-corrected chi connectivity index (χ2v) is 13.2.